The third-order valence-corrected chi connectivity index (χ3v) is 2.48. The predicted molar refractivity (Wildman–Crippen MR) is 53.6 cm³/mol. The molecular weight excluding hydrogens is 162 g/mol. The standard InChI is InChI=1S/C10H15N3/c11-8-9-3-4-12-10(7-9)13-5-1-2-6-13/h3-4,7H,1-2,5-6,8,11H2. The number of nitrogens with two attached hydrogens (primary N) is 1. The summed E-state index contributed by atoms with van der Waals surface area (Å²) >= 11 is 0. The van der Waals surface area contributed by atoms with Crippen LogP contribution in [0.4, 0.5) is 5.82 Å². The van der Waals surface area contributed by atoms with Gasteiger partial charge >= 0.3 is 0 Å². The molecule has 1 saturated heterocycles. The fourth-order valence-corrected chi connectivity index (χ4v) is 1.71. The molecule has 13 heavy (non-hydrogen) atoms. The van der Waals surface area contributed by atoms with Crippen LogP contribution in [-0.4, -0.2) is 18.1 Å². The lowest BCUT2D eigenvalue weighted by molar-refractivity contribution is 0.928. The monoisotopic (exact) mass is 177 g/mol. The molecule has 1 aliphatic heterocycles. The van der Waals surface area contributed by atoms with E-state index in [-0.39, 0.29) is 0 Å². The largest absolute Gasteiger partial charge is 0.357 e. The van der Waals surface area contributed by atoms with Gasteiger partial charge in [-0.15, -0.1) is 0 Å². The molecule has 0 unspecified atom stereocenters. The highest BCUT2D eigenvalue weighted by Crippen LogP contribution is 2.17. The molecule has 1 fully saturated rings. The van der Waals surface area contributed by atoms with E-state index in [1.165, 1.54) is 12.8 Å². The van der Waals surface area contributed by atoms with E-state index in [0.29, 0.717) is 6.54 Å². The molecule has 0 saturated carbocycles. The molecule has 0 atom stereocenters. The molecule has 1 aliphatic rings. The summed E-state index contributed by atoms with van der Waals surface area (Å²) in [7, 11) is 0. The maximum absolute atomic E-state index is 5.57. The SMILES string of the molecule is NCc1ccnc(N2CCCC2)c1. The molecule has 0 spiro atoms. The van der Waals surface area contributed by atoms with Crippen LogP contribution in [0, 0.1) is 0 Å². The van der Waals surface area contributed by atoms with Crippen LogP contribution in [0.2, 0.25) is 0 Å². The number of pyridine rings is 1. The third kappa shape index (κ3) is 1.80. The highest BCUT2D eigenvalue weighted by Gasteiger charge is 2.12. The molecule has 70 valence electrons. The zero-order chi connectivity index (χ0) is 9.10. The van der Waals surface area contributed by atoms with Crippen molar-refractivity contribution in [2.24, 2.45) is 5.73 Å². The molecule has 3 heteroatoms. The summed E-state index contributed by atoms with van der Waals surface area (Å²) in [5.74, 6) is 1.08. The van der Waals surface area contributed by atoms with E-state index < -0.39 is 0 Å². The molecule has 2 N–H and O–H groups in total. The van der Waals surface area contributed by atoms with E-state index in [0.717, 1.165) is 24.5 Å². The Morgan fingerprint density at radius 3 is 2.85 bits per heavy atom. The molecule has 2 rings (SSSR count). The van der Waals surface area contributed by atoms with Crippen molar-refractivity contribution in [2.45, 2.75) is 19.4 Å². The molecule has 3 nitrogen and oxygen atoms in total. The summed E-state index contributed by atoms with van der Waals surface area (Å²) in [6, 6.07) is 4.06. The summed E-state index contributed by atoms with van der Waals surface area (Å²) < 4.78 is 0. The van der Waals surface area contributed by atoms with Gasteiger partial charge in [0.05, 0.1) is 0 Å². The summed E-state index contributed by atoms with van der Waals surface area (Å²) in [5, 5.41) is 0. The van der Waals surface area contributed by atoms with Crippen molar-refractivity contribution in [1.82, 2.24) is 4.98 Å². The van der Waals surface area contributed by atoms with Crippen molar-refractivity contribution in [3.63, 3.8) is 0 Å². The van der Waals surface area contributed by atoms with Gasteiger partial charge in [0.2, 0.25) is 0 Å². The summed E-state index contributed by atoms with van der Waals surface area (Å²) in [4.78, 5) is 6.66. The van der Waals surface area contributed by atoms with Gasteiger partial charge in [-0.25, -0.2) is 4.98 Å². The second-order valence-electron chi connectivity index (χ2n) is 3.42. The smallest absolute Gasteiger partial charge is 0.128 e. The van der Waals surface area contributed by atoms with Crippen molar-refractivity contribution >= 4 is 5.82 Å². The minimum Gasteiger partial charge on any atom is -0.357 e. The van der Waals surface area contributed by atoms with E-state index >= 15 is 0 Å². The van der Waals surface area contributed by atoms with Crippen LogP contribution in [0.5, 0.6) is 0 Å². The Labute approximate surface area is 78.6 Å². The first-order valence-electron chi connectivity index (χ1n) is 4.80. The van der Waals surface area contributed by atoms with Crippen LogP contribution >= 0.6 is 0 Å². The summed E-state index contributed by atoms with van der Waals surface area (Å²) in [6.45, 7) is 2.88. The number of hydrogen-bond donors (Lipinski definition) is 1. The summed E-state index contributed by atoms with van der Waals surface area (Å²) in [5.41, 5.74) is 6.73. The first kappa shape index (κ1) is 8.51. The zero-order valence-corrected chi connectivity index (χ0v) is 7.74. The van der Waals surface area contributed by atoms with Crippen molar-refractivity contribution < 1.29 is 0 Å². The Balaban J connectivity index is 2.18. The van der Waals surface area contributed by atoms with Gasteiger partial charge in [0.15, 0.2) is 0 Å². The van der Waals surface area contributed by atoms with E-state index in [9.17, 15) is 0 Å². The van der Waals surface area contributed by atoms with Crippen molar-refractivity contribution in [3.05, 3.63) is 23.9 Å². The fraction of sp³-hybridized carbons (Fsp3) is 0.500. The van der Waals surface area contributed by atoms with Crippen LogP contribution < -0.4 is 10.6 Å². The first-order chi connectivity index (χ1) is 6.40. The van der Waals surface area contributed by atoms with Crippen molar-refractivity contribution in [3.8, 4) is 0 Å². The Hall–Kier alpha value is -1.09. The van der Waals surface area contributed by atoms with Crippen molar-refractivity contribution in [1.29, 1.82) is 0 Å². The highest BCUT2D eigenvalue weighted by molar-refractivity contribution is 5.41. The Morgan fingerprint density at radius 1 is 1.38 bits per heavy atom. The van der Waals surface area contributed by atoms with Crippen LogP contribution in [0.1, 0.15) is 18.4 Å². The number of hydrogen-bond acceptors (Lipinski definition) is 3. The van der Waals surface area contributed by atoms with Gasteiger partial charge in [-0.2, -0.15) is 0 Å². The van der Waals surface area contributed by atoms with E-state index in [1.807, 2.05) is 12.3 Å². The molecule has 0 bridgehead atoms. The molecule has 0 amide bonds. The van der Waals surface area contributed by atoms with Crippen molar-refractivity contribution in [2.75, 3.05) is 18.0 Å². The minimum atomic E-state index is 0.601. The molecule has 1 aromatic rings. The lowest BCUT2D eigenvalue weighted by Gasteiger charge is -2.16. The van der Waals surface area contributed by atoms with E-state index in [2.05, 4.69) is 16.0 Å². The number of aromatic nitrogens is 1. The summed E-state index contributed by atoms with van der Waals surface area (Å²) in [6.07, 6.45) is 4.42. The average molecular weight is 177 g/mol. The Bertz CT molecular complexity index is 279. The molecule has 0 radical (unpaired) electrons. The minimum absolute atomic E-state index is 0.601. The van der Waals surface area contributed by atoms with E-state index in [1.54, 1.807) is 0 Å². The average Bonchev–Trinajstić information content (AvgIpc) is 2.71. The molecule has 0 aliphatic carbocycles. The lowest BCUT2D eigenvalue weighted by atomic mass is 10.2. The topological polar surface area (TPSA) is 42.1 Å². The first-order valence-corrected chi connectivity index (χ1v) is 4.80. The van der Waals surface area contributed by atoms with Gasteiger partial charge in [0.1, 0.15) is 5.82 Å². The number of anilines is 1. The second-order valence-corrected chi connectivity index (χ2v) is 3.42. The van der Waals surface area contributed by atoms with Gasteiger partial charge in [0.25, 0.3) is 0 Å². The van der Waals surface area contributed by atoms with Crippen LogP contribution in [0.25, 0.3) is 0 Å². The second kappa shape index (κ2) is 3.75. The number of rotatable bonds is 2. The predicted octanol–water partition coefficient (Wildman–Crippen LogP) is 1.14. The lowest BCUT2D eigenvalue weighted by Crippen LogP contribution is -2.19. The fourth-order valence-electron chi connectivity index (χ4n) is 1.71. The quantitative estimate of drug-likeness (QED) is 0.736. The van der Waals surface area contributed by atoms with Crippen LogP contribution in [0.3, 0.4) is 0 Å². The van der Waals surface area contributed by atoms with Gasteiger partial charge in [-0.3, -0.25) is 0 Å². The van der Waals surface area contributed by atoms with Gasteiger partial charge in [-0.1, -0.05) is 0 Å². The maximum atomic E-state index is 5.57. The maximum Gasteiger partial charge on any atom is 0.128 e. The Kier molecular flexibility index (Phi) is 2.45. The zero-order valence-electron chi connectivity index (χ0n) is 7.74. The van der Waals surface area contributed by atoms with Crippen LogP contribution in [-0.2, 0) is 6.54 Å². The number of nitrogens with zero attached hydrogens (tertiary/aromatic N) is 2. The molecule has 1 aromatic heterocycles. The highest BCUT2D eigenvalue weighted by atomic mass is 15.2. The van der Waals surface area contributed by atoms with Gasteiger partial charge < -0.3 is 10.6 Å². The van der Waals surface area contributed by atoms with E-state index in [4.69, 9.17) is 5.73 Å². The molecule has 2 heterocycles. The molecule has 0 aromatic carbocycles. The van der Waals surface area contributed by atoms with Gasteiger partial charge in [-0.05, 0) is 30.5 Å². The van der Waals surface area contributed by atoms with Gasteiger partial charge in [0, 0.05) is 25.8 Å². The Morgan fingerprint density at radius 2 is 2.15 bits per heavy atom. The van der Waals surface area contributed by atoms with Crippen LogP contribution in [0.15, 0.2) is 18.3 Å². The molecular formula is C10H15N3. The third-order valence-electron chi connectivity index (χ3n) is 2.48. The normalized spacial score (nSPS) is 16.5.